The fraction of sp³-hybridized carbons (Fsp3) is 0.737. The van der Waals surface area contributed by atoms with Crippen LogP contribution in [0.1, 0.15) is 71.8 Å². The molecule has 1 aliphatic carbocycles. The molecular formula is C19H32N2. The van der Waals surface area contributed by atoms with Crippen LogP contribution in [0.4, 0.5) is 0 Å². The van der Waals surface area contributed by atoms with Crippen molar-refractivity contribution in [1.82, 2.24) is 10.3 Å². The molecule has 0 atom stereocenters. The molecule has 1 aromatic rings. The number of nitrogens with one attached hydrogen (secondary N) is 1. The molecule has 0 aliphatic heterocycles. The number of aromatic nitrogens is 1. The smallest absolute Gasteiger partial charge is 0.0270 e. The van der Waals surface area contributed by atoms with Crippen molar-refractivity contribution in [3.05, 3.63) is 30.1 Å². The zero-order valence-electron chi connectivity index (χ0n) is 14.3. The van der Waals surface area contributed by atoms with Crippen LogP contribution in [-0.2, 0) is 5.41 Å². The van der Waals surface area contributed by atoms with Crippen LogP contribution in [0.25, 0.3) is 0 Å². The summed E-state index contributed by atoms with van der Waals surface area (Å²) < 4.78 is 0. The van der Waals surface area contributed by atoms with Gasteiger partial charge in [-0.3, -0.25) is 4.98 Å². The fourth-order valence-electron chi connectivity index (χ4n) is 4.46. The second-order valence-corrected chi connectivity index (χ2v) is 7.41. The predicted octanol–water partition coefficient (Wildman–Crippen LogP) is 4.70. The lowest BCUT2D eigenvalue weighted by Gasteiger charge is -2.58. The molecule has 0 spiro atoms. The molecule has 1 aromatic heterocycles. The Kier molecular flexibility index (Phi) is 5.43. The molecule has 0 aromatic carbocycles. The number of hydrogen-bond donors (Lipinski definition) is 1. The van der Waals surface area contributed by atoms with Crippen LogP contribution < -0.4 is 5.32 Å². The number of hydrogen-bond acceptors (Lipinski definition) is 2. The average Bonchev–Trinajstić information content (AvgIpc) is 2.43. The predicted molar refractivity (Wildman–Crippen MR) is 90.5 cm³/mol. The van der Waals surface area contributed by atoms with Crippen molar-refractivity contribution in [2.45, 2.75) is 77.7 Å². The van der Waals surface area contributed by atoms with E-state index in [1.807, 2.05) is 12.4 Å². The van der Waals surface area contributed by atoms with Gasteiger partial charge in [0, 0.05) is 30.4 Å². The molecule has 0 radical (unpaired) electrons. The van der Waals surface area contributed by atoms with Gasteiger partial charge in [0.1, 0.15) is 0 Å². The molecule has 118 valence electrons. The van der Waals surface area contributed by atoms with Crippen molar-refractivity contribution < 1.29 is 0 Å². The average molecular weight is 288 g/mol. The van der Waals surface area contributed by atoms with Crippen LogP contribution in [0.3, 0.4) is 0 Å². The van der Waals surface area contributed by atoms with Crippen LogP contribution >= 0.6 is 0 Å². The van der Waals surface area contributed by atoms with Gasteiger partial charge in [-0.25, -0.2) is 0 Å². The lowest BCUT2D eigenvalue weighted by atomic mass is 9.48. The molecule has 2 heteroatoms. The summed E-state index contributed by atoms with van der Waals surface area (Å²) in [6, 6.07) is 5.00. The van der Waals surface area contributed by atoms with Crippen LogP contribution in [0.15, 0.2) is 24.5 Å². The van der Waals surface area contributed by atoms with Gasteiger partial charge in [0.25, 0.3) is 0 Å². The zero-order chi connectivity index (χ0) is 15.3. The first-order valence-corrected chi connectivity index (χ1v) is 8.70. The van der Waals surface area contributed by atoms with Gasteiger partial charge in [-0.05, 0) is 48.8 Å². The first-order chi connectivity index (χ1) is 10.1. The first kappa shape index (κ1) is 16.5. The van der Waals surface area contributed by atoms with Gasteiger partial charge in [-0.2, -0.15) is 0 Å². The maximum Gasteiger partial charge on any atom is 0.0270 e. The Labute approximate surface area is 130 Å². The summed E-state index contributed by atoms with van der Waals surface area (Å²) in [6.07, 6.45) is 12.0. The second-order valence-electron chi connectivity index (χ2n) is 7.41. The Balaban J connectivity index is 2.17. The molecule has 2 rings (SSSR count). The molecule has 1 fully saturated rings. The Morgan fingerprint density at radius 1 is 1.10 bits per heavy atom. The van der Waals surface area contributed by atoms with Crippen molar-refractivity contribution in [2.24, 2.45) is 5.41 Å². The minimum atomic E-state index is 0.331. The van der Waals surface area contributed by atoms with Crippen molar-refractivity contribution in [3.63, 3.8) is 0 Å². The molecular weight excluding hydrogens is 256 g/mol. The van der Waals surface area contributed by atoms with Crippen LogP contribution in [0.2, 0.25) is 0 Å². The van der Waals surface area contributed by atoms with E-state index < -0.39 is 0 Å². The van der Waals surface area contributed by atoms with E-state index >= 15 is 0 Å². The molecule has 1 N–H and O–H groups in total. The van der Waals surface area contributed by atoms with Gasteiger partial charge in [-0.15, -0.1) is 0 Å². The summed E-state index contributed by atoms with van der Waals surface area (Å²) in [5.74, 6) is 0. The summed E-state index contributed by atoms with van der Waals surface area (Å²) in [6.45, 7) is 10.2. The molecule has 1 saturated carbocycles. The van der Waals surface area contributed by atoms with E-state index in [9.17, 15) is 0 Å². The minimum Gasteiger partial charge on any atom is -0.314 e. The third-order valence-electron chi connectivity index (χ3n) is 5.13. The SMILES string of the molecule is CCCC1(CCC)CC(CNC(C)C)(c2ccncc2)C1. The lowest BCUT2D eigenvalue weighted by molar-refractivity contribution is 0.00183. The van der Waals surface area contributed by atoms with Gasteiger partial charge in [-0.1, -0.05) is 40.5 Å². The largest absolute Gasteiger partial charge is 0.314 e. The highest BCUT2D eigenvalue weighted by Crippen LogP contribution is 2.59. The Morgan fingerprint density at radius 2 is 1.67 bits per heavy atom. The maximum atomic E-state index is 4.20. The topological polar surface area (TPSA) is 24.9 Å². The summed E-state index contributed by atoms with van der Waals surface area (Å²) in [5, 5.41) is 3.69. The fourth-order valence-corrected chi connectivity index (χ4v) is 4.46. The highest BCUT2D eigenvalue weighted by molar-refractivity contribution is 5.30. The summed E-state index contributed by atoms with van der Waals surface area (Å²) >= 11 is 0. The van der Waals surface area contributed by atoms with E-state index in [-0.39, 0.29) is 0 Å². The van der Waals surface area contributed by atoms with Gasteiger partial charge in [0.15, 0.2) is 0 Å². The third kappa shape index (κ3) is 3.66. The Hall–Kier alpha value is -0.890. The van der Waals surface area contributed by atoms with Crippen LogP contribution in [0.5, 0.6) is 0 Å². The highest BCUT2D eigenvalue weighted by atomic mass is 14.9. The second kappa shape index (κ2) is 6.91. The quantitative estimate of drug-likeness (QED) is 0.750. The van der Waals surface area contributed by atoms with E-state index in [0.29, 0.717) is 16.9 Å². The maximum absolute atomic E-state index is 4.20. The standard InChI is InChI=1S/C19H32N2/c1-5-9-18(10-6-2)13-19(14-18,15-21-16(3)4)17-7-11-20-12-8-17/h7-8,11-12,16,21H,5-6,9-10,13-15H2,1-4H3. The van der Waals surface area contributed by atoms with E-state index in [1.54, 1.807) is 0 Å². The highest BCUT2D eigenvalue weighted by Gasteiger charge is 2.53. The summed E-state index contributed by atoms with van der Waals surface area (Å²) in [5.41, 5.74) is 2.40. The van der Waals surface area contributed by atoms with E-state index in [1.165, 1.54) is 44.1 Å². The van der Waals surface area contributed by atoms with Gasteiger partial charge < -0.3 is 5.32 Å². The zero-order valence-corrected chi connectivity index (χ0v) is 14.3. The molecule has 2 nitrogen and oxygen atoms in total. The van der Waals surface area contributed by atoms with Gasteiger partial charge in [0.05, 0.1) is 0 Å². The van der Waals surface area contributed by atoms with Crippen molar-refractivity contribution in [1.29, 1.82) is 0 Å². The Morgan fingerprint density at radius 3 is 2.14 bits per heavy atom. The van der Waals surface area contributed by atoms with E-state index in [2.05, 4.69) is 50.1 Å². The minimum absolute atomic E-state index is 0.331. The Bertz CT molecular complexity index is 410. The van der Waals surface area contributed by atoms with Crippen LogP contribution in [-0.4, -0.2) is 17.6 Å². The molecule has 21 heavy (non-hydrogen) atoms. The molecule has 0 bridgehead atoms. The molecule has 0 unspecified atom stereocenters. The third-order valence-corrected chi connectivity index (χ3v) is 5.13. The summed E-state index contributed by atoms with van der Waals surface area (Å²) in [4.78, 5) is 4.20. The van der Waals surface area contributed by atoms with Crippen molar-refractivity contribution >= 4 is 0 Å². The molecule has 0 amide bonds. The van der Waals surface area contributed by atoms with Gasteiger partial charge in [0.2, 0.25) is 0 Å². The number of rotatable bonds is 8. The van der Waals surface area contributed by atoms with E-state index in [4.69, 9.17) is 0 Å². The number of pyridine rings is 1. The van der Waals surface area contributed by atoms with Crippen LogP contribution in [0, 0.1) is 5.41 Å². The van der Waals surface area contributed by atoms with E-state index in [0.717, 1.165) is 6.54 Å². The molecule has 0 saturated heterocycles. The normalized spacial score (nSPS) is 19.5. The van der Waals surface area contributed by atoms with Crippen molar-refractivity contribution in [3.8, 4) is 0 Å². The van der Waals surface area contributed by atoms with Gasteiger partial charge >= 0.3 is 0 Å². The lowest BCUT2D eigenvalue weighted by Crippen LogP contribution is -2.55. The molecule has 1 heterocycles. The monoisotopic (exact) mass is 288 g/mol. The first-order valence-electron chi connectivity index (χ1n) is 8.70. The molecule has 1 aliphatic rings. The number of nitrogens with zero attached hydrogens (tertiary/aromatic N) is 1. The summed E-state index contributed by atoms with van der Waals surface area (Å²) in [7, 11) is 0. The van der Waals surface area contributed by atoms with Crippen molar-refractivity contribution in [2.75, 3.05) is 6.54 Å².